The molecular weight excluding hydrogens is 530 g/mol. The summed E-state index contributed by atoms with van der Waals surface area (Å²) in [6.45, 7) is 1.72. The van der Waals surface area contributed by atoms with Crippen LogP contribution in [0.1, 0.15) is 12.5 Å². The lowest BCUT2D eigenvalue weighted by atomic mass is 10.0. The molecule has 9 heteroatoms. The predicted octanol–water partition coefficient (Wildman–Crippen LogP) is 6.44. The van der Waals surface area contributed by atoms with Gasteiger partial charge < -0.3 is 13.9 Å². The molecule has 0 N–H and O–H groups in total. The second-order valence-corrected chi connectivity index (χ2v) is 9.34. The number of furan rings is 1. The van der Waals surface area contributed by atoms with E-state index in [1.165, 1.54) is 10.9 Å². The first kappa shape index (κ1) is 25.3. The number of para-hydroxylation sites is 1. The number of aromatic nitrogens is 2. The maximum atomic E-state index is 13.7. The summed E-state index contributed by atoms with van der Waals surface area (Å²) in [5.74, 6) is 0.508. The van der Waals surface area contributed by atoms with E-state index in [2.05, 4.69) is 5.10 Å². The van der Waals surface area contributed by atoms with E-state index >= 15 is 0 Å². The van der Waals surface area contributed by atoms with Gasteiger partial charge in [-0.2, -0.15) is 9.78 Å². The van der Waals surface area contributed by atoms with Crippen molar-refractivity contribution in [1.29, 1.82) is 0 Å². The highest BCUT2D eigenvalue weighted by Gasteiger charge is 2.17. The van der Waals surface area contributed by atoms with E-state index < -0.39 is 5.97 Å². The Bertz CT molecular complexity index is 1990. The minimum atomic E-state index is -0.485. The van der Waals surface area contributed by atoms with Crippen molar-refractivity contribution < 1.29 is 18.7 Å². The third-order valence-electron chi connectivity index (χ3n) is 6.34. The first-order chi connectivity index (χ1) is 19.5. The second-order valence-electron chi connectivity index (χ2n) is 8.90. The number of hydrogen-bond donors (Lipinski definition) is 0. The molecule has 0 saturated heterocycles. The molecule has 0 amide bonds. The van der Waals surface area contributed by atoms with Crippen LogP contribution in [-0.4, -0.2) is 35.1 Å². The molecule has 2 heterocycles. The van der Waals surface area contributed by atoms with Crippen LogP contribution < -0.4 is 10.3 Å². The number of carbonyl (C=O) groups excluding carboxylic acids is 1. The monoisotopic (exact) mass is 551 g/mol. The summed E-state index contributed by atoms with van der Waals surface area (Å²) in [6.07, 6.45) is 1.53. The van der Waals surface area contributed by atoms with Gasteiger partial charge in [-0.15, -0.1) is 0 Å². The number of carbonyl (C=O) groups is 1. The molecule has 0 unspecified atom stereocenters. The fourth-order valence-electron chi connectivity index (χ4n) is 4.50. The molecule has 0 radical (unpaired) electrons. The molecule has 0 spiro atoms. The molecule has 0 bridgehead atoms. The highest BCUT2D eigenvalue weighted by atomic mass is 35.5. The van der Waals surface area contributed by atoms with Gasteiger partial charge in [-0.3, -0.25) is 4.79 Å². The Hall–Kier alpha value is -4.95. The number of rotatable bonds is 7. The number of nitrogens with zero attached hydrogens (tertiary/aromatic N) is 3. The van der Waals surface area contributed by atoms with Crippen molar-refractivity contribution in [3.05, 3.63) is 106 Å². The molecule has 0 fully saturated rings. The van der Waals surface area contributed by atoms with Gasteiger partial charge in [0.25, 0.3) is 5.56 Å². The molecule has 2 aromatic heterocycles. The molecule has 0 aliphatic carbocycles. The van der Waals surface area contributed by atoms with Gasteiger partial charge in [0.1, 0.15) is 11.3 Å². The van der Waals surface area contributed by atoms with Gasteiger partial charge in [0.15, 0.2) is 12.4 Å². The van der Waals surface area contributed by atoms with Crippen LogP contribution in [0, 0.1) is 0 Å². The van der Waals surface area contributed by atoms with Crippen LogP contribution in [-0.2, 0) is 9.53 Å². The van der Waals surface area contributed by atoms with Crippen molar-refractivity contribution in [2.24, 2.45) is 5.10 Å². The Balaban J connectivity index is 1.52. The SMILES string of the molecule is CCOC(=O)COc1ccc2ccccc2c1C=Nn1c(-c2cc3cc(Cl)ccc3o2)nc2ccccc2c1=O. The Labute approximate surface area is 233 Å². The predicted molar refractivity (Wildman–Crippen MR) is 155 cm³/mol. The van der Waals surface area contributed by atoms with Gasteiger partial charge in [-0.1, -0.05) is 54.1 Å². The van der Waals surface area contributed by atoms with Crippen molar-refractivity contribution >= 4 is 56.4 Å². The van der Waals surface area contributed by atoms with E-state index in [1.54, 1.807) is 55.5 Å². The van der Waals surface area contributed by atoms with Crippen LogP contribution in [0.5, 0.6) is 5.75 Å². The van der Waals surface area contributed by atoms with Crippen molar-refractivity contribution in [3.8, 4) is 17.3 Å². The van der Waals surface area contributed by atoms with Gasteiger partial charge in [0, 0.05) is 16.0 Å². The van der Waals surface area contributed by atoms with Crippen LogP contribution in [0.25, 0.3) is 44.2 Å². The Morgan fingerprint density at radius 1 is 1.00 bits per heavy atom. The lowest BCUT2D eigenvalue weighted by Gasteiger charge is -2.12. The molecule has 0 saturated carbocycles. The van der Waals surface area contributed by atoms with Crippen molar-refractivity contribution in [3.63, 3.8) is 0 Å². The number of esters is 1. The Morgan fingerprint density at radius 3 is 2.65 bits per heavy atom. The van der Waals surface area contributed by atoms with Gasteiger partial charge >= 0.3 is 5.97 Å². The third-order valence-corrected chi connectivity index (χ3v) is 6.57. The number of benzene rings is 4. The first-order valence-corrected chi connectivity index (χ1v) is 13.0. The fourth-order valence-corrected chi connectivity index (χ4v) is 4.68. The van der Waals surface area contributed by atoms with Crippen LogP contribution >= 0.6 is 11.6 Å². The average molecular weight is 552 g/mol. The maximum absolute atomic E-state index is 13.7. The van der Waals surface area contributed by atoms with E-state index in [9.17, 15) is 9.59 Å². The molecule has 6 aromatic rings. The topological polar surface area (TPSA) is 95.9 Å². The minimum absolute atomic E-state index is 0.224. The van der Waals surface area contributed by atoms with E-state index in [0.29, 0.717) is 38.6 Å². The maximum Gasteiger partial charge on any atom is 0.344 e. The largest absolute Gasteiger partial charge is 0.481 e. The van der Waals surface area contributed by atoms with Gasteiger partial charge in [0.2, 0.25) is 5.82 Å². The van der Waals surface area contributed by atoms with E-state index in [1.807, 2.05) is 36.4 Å². The lowest BCUT2D eigenvalue weighted by molar-refractivity contribution is -0.145. The summed E-state index contributed by atoms with van der Waals surface area (Å²) in [5.41, 5.74) is 1.33. The summed E-state index contributed by atoms with van der Waals surface area (Å²) >= 11 is 6.17. The molecule has 198 valence electrons. The summed E-state index contributed by atoms with van der Waals surface area (Å²) in [7, 11) is 0. The normalized spacial score (nSPS) is 11.6. The standard InChI is InChI=1S/C31H22ClN3O5/c1-2-38-29(36)18-39-27-13-11-19-7-3-4-8-22(19)24(27)17-33-35-30(34-25-10-6-5-9-23(25)31(35)37)28-16-20-15-21(32)12-14-26(20)40-28/h3-17H,2,18H2,1H3. The minimum Gasteiger partial charge on any atom is -0.481 e. The highest BCUT2D eigenvalue weighted by Crippen LogP contribution is 2.30. The van der Waals surface area contributed by atoms with Crippen molar-refractivity contribution in [2.45, 2.75) is 6.92 Å². The lowest BCUT2D eigenvalue weighted by Crippen LogP contribution is -2.20. The molecule has 0 aliphatic rings. The van der Waals surface area contributed by atoms with E-state index in [0.717, 1.165) is 16.2 Å². The smallest absolute Gasteiger partial charge is 0.344 e. The van der Waals surface area contributed by atoms with Crippen LogP contribution in [0.4, 0.5) is 0 Å². The average Bonchev–Trinajstić information content (AvgIpc) is 3.39. The van der Waals surface area contributed by atoms with E-state index in [-0.39, 0.29) is 24.6 Å². The zero-order valence-corrected chi connectivity index (χ0v) is 22.1. The number of halogens is 1. The molecule has 0 atom stereocenters. The molecule has 40 heavy (non-hydrogen) atoms. The number of ether oxygens (including phenoxy) is 2. The molecule has 4 aromatic carbocycles. The van der Waals surface area contributed by atoms with Gasteiger partial charge in [0.05, 0.1) is 23.7 Å². The summed E-state index contributed by atoms with van der Waals surface area (Å²) < 4.78 is 18.1. The number of hydrogen-bond acceptors (Lipinski definition) is 7. The van der Waals surface area contributed by atoms with Crippen LogP contribution in [0.15, 0.2) is 99.2 Å². The summed E-state index contributed by atoms with van der Waals surface area (Å²) in [4.78, 5) is 30.4. The number of fused-ring (bicyclic) bond motifs is 3. The van der Waals surface area contributed by atoms with Crippen molar-refractivity contribution in [2.75, 3.05) is 13.2 Å². The first-order valence-electron chi connectivity index (χ1n) is 12.6. The van der Waals surface area contributed by atoms with Crippen molar-refractivity contribution in [1.82, 2.24) is 9.66 Å². The zero-order chi connectivity index (χ0) is 27.6. The van der Waals surface area contributed by atoms with Gasteiger partial charge in [-0.05, 0) is 60.2 Å². The fraction of sp³-hybridized carbons (Fsp3) is 0.0968. The Kier molecular flexibility index (Phi) is 6.76. The quantitative estimate of drug-likeness (QED) is 0.167. The van der Waals surface area contributed by atoms with Crippen LogP contribution in [0.2, 0.25) is 5.02 Å². The molecular formula is C31H22ClN3O5. The second kappa shape index (κ2) is 10.7. The highest BCUT2D eigenvalue weighted by molar-refractivity contribution is 6.31. The van der Waals surface area contributed by atoms with Gasteiger partial charge in [-0.25, -0.2) is 9.78 Å². The zero-order valence-electron chi connectivity index (χ0n) is 21.3. The Morgan fingerprint density at radius 2 is 1.80 bits per heavy atom. The van der Waals surface area contributed by atoms with E-state index in [4.69, 9.17) is 30.5 Å². The molecule has 0 aliphatic heterocycles. The van der Waals surface area contributed by atoms with Crippen LogP contribution in [0.3, 0.4) is 0 Å². The molecule has 8 nitrogen and oxygen atoms in total. The summed E-state index contributed by atoms with van der Waals surface area (Å²) in [5, 5.41) is 8.10. The third kappa shape index (κ3) is 4.81. The summed E-state index contributed by atoms with van der Waals surface area (Å²) in [6, 6.07) is 25.4. The molecule has 6 rings (SSSR count).